The summed E-state index contributed by atoms with van der Waals surface area (Å²) in [5, 5.41) is 3.12. The highest BCUT2D eigenvalue weighted by atomic mass is 32.1. The smallest absolute Gasteiger partial charge is 0.123 e. The van der Waals surface area contributed by atoms with E-state index < -0.39 is 0 Å². The molecule has 3 aromatic rings. The van der Waals surface area contributed by atoms with Crippen molar-refractivity contribution in [2.45, 2.75) is 12.5 Å². The molecule has 0 radical (unpaired) electrons. The molecule has 2 heterocycles. The van der Waals surface area contributed by atoms with Gasteiger partial charge in [0.2, 0.25) is 0 Å². The van der Waals surface area contributed by atoms with E-state index in [0.717, 1.165) is 34.9 Å². The van der Waals surface area contributed by atoms with Gasteiger partial charge >= 0.3 is 0 Å². The molecule has 5 heteroatoms. The highest BCUT2D eigenvalue weighted by Crippen LogP contribution is 2.37. The van der Waals surface area contributed by atoms with E-state index in [1.165, 1.54) is 12.1 Å². The number of fused-ring (bicyclic) bond motifs is 1. The van der Waals surface area contributed by atoms with E-state index in [1.54, 1.807) is 11.3 Å². The SMILES string of the molecule is Fc1ccc(C2C=Nc3ccccc3N2CCc2nccs2)cc1. The van der Waals surface area contributed by atoms with Gasteiger partial charge < -0.3 is 4.90 Å². The molecule has 0 fully saturated rings. The summed E-state index contributed by atoms with van der Waals surface area (Å²) in [6.07, 6.45) is 4.65. The van der Waals surface area contributed by atoms with Crippen LogP contribution in [-0.4, -0.2) is 17.7 Å². The predicted molar refractivity (Wildman–Crippen MR) is 96.9 cm³/mol. The van der Waals surface area contributed by atoms with Crippen molar-refractivity contribution in [3.05, 3.63) is 76.5 Å². The van der Waals surface area contributed by atoms with Crippen molar-refractivity contribution in [1.82, 2.24) is 4.98 Å². The second kappa shape index (κ2) is 6.53. The Hall–Kier alpha value is -2.53. The lowest BCUT2D eigenvalue weighted by Crippen LogP contribution is -2.33. The molecule has 0 bridgehead atoms. The van der Waals surface area contributed by atoms with Crippen molar-refractivity contribution in [1.29, 1.82) is 0 Å². The minimum Gasteiger partial charge on any atom is -0.357 e. The summed E-state index contributed by atoms with van der Waals surface area (Å²) < 4.78 is 13.3. The van der Waals surface area contributed by atoms with Crippen LogP contribution in [0.25, 0.3) is 0 Å². The first-order valence-corrected chi connectivity index (χ1v) is 8.73. The van der Waals surface area contributed by atoms with Gasteiger partial charge in [-0.25, -0.2) is 9.37 Å². The second-order valence-corrected chi connectivity index (χ2v) is 6.61. The zero-order valence-corrected chi connectivity index (χ0v) is 13.8. The average molecular weight is 337 g/mol. The molecule has 0 saturated heterocycles. The number of hydrogen-bond acceptors (Lipinski definition) is 4. The fourth-order valence-corrected chi connectivity index (χ4v) is 3.59. The Balaban J connectivity index is 1.67. The number of nitrogens with zero attached hydrogens (tertiary/aromatic N) is 3. The molecule has 0 spiro atoms. The first kappa shape index (κ1) is 15.0. The van der Waals surface area contributed by atoms with Crippen molar-refractivity contribution in [2.24, 2.45) is 4.99 Å². The third kappa shape index (κ3) is 2.95. The molecule has 1 aliphatic rings. The van der Waals surface area contributed by atoms with Crippen LogP contribution >= 0.6 is 11.3 Å². The summed E-state index contributed by atoms with van der Waals surface area (Å²) in [6.45, 7) is 0.832. The largest absolute Gasteiger partial charge is 0.357 e. The van der Waals surface area contributed by atoms with Crippen molar-refractivity contribution >= 4 is 28.9 Å². The van der Waals surface area contributed by atoms with Crippen LogP contribution in [0.3, 0.4) is 0 Å². The standard InChI is InChI=1S/C19H16FN3S/c20-15-7-5-14(6-8-15)18-13-22-16-3-1-2-4-17(16)23(18)11-9-19-21-10-12-24-19/h1-8,10,12-13,18H,9,11H2. The topological polar surface area (TPSA) is 28.5 Å². The molecule has 4 rings (SSSR count). The predicted octanol–water partition coefficient (Wildman–Crippen LogP) is 4.79. The number of aromatic nitrogens is 1. The Morgan fingerprint density at radius 1 is 1.08 bits per heavy atom. The van der Waals surface area contributed by atoms with Crippen LogP contribution in [-0.2, 0) is 6.42 Å². The number of anilines is 1. The molecule has 1 unspecified atom stereocenters. The van der Waals surface area contributed by atoms with Gasteiger partial charge in [-0.05, 0) is 29.8 Å². The summed E-state index contributed by atoms with van der Waals surface area (Å²) in [5.41, 5.74) is 3.11. The van der Waals surface area contributed by atoms with Crippen LogP contribution < -0.4 is 4.90 Å². The molecule has 0 N–H and O–H groups in total. The van der Waals surface area contributed by atoms with E-state index in [2.05, 4.69) is 20.9 Å². The Morgan fingerprint density at radius 3 is 2.71 bits per heavy atom. The van der Waals surface area contributed by atoms with Gasteiger partial charge in [-0.1, -0.05) is 24.3 Å². The third-order valence-corrected chi connectivity index (χ3v) is 4.98. The normalized spacial score (nSPS) is 16.2. The zero-order chi connectivity index (χ0) is 16.4. The maximum absolute atomic E-state index is 13.3. The number of halogens is 1. The van der Waals surface area contributed by atoms with Crippen molar-refractivity contribution in [3.63, 3.8) is 0 Å². The molecule has 1 aliphatic heterocycles. The molecule has 0 saturated carbocycles. The van der Waals surface area contributed by atoms with Gasteiger partial charge in [-0.3, -0.25) is 4.99 Å². The van der Waals surface area contributed by atoms with Crippen molar-refractivity contribution in [2.75, 3.05) is 11.4 Å². The maximum atomic E-state index is 13.3. The third-order valence-electron chi connectivity index (χ3n) is 4.14. The minimum atomic E-state index is -0.221. The number of thiazole rings is 1. The molecule has 2 aromatic carbocycles. The first-order chi connectivity index (χ1) is 11.8. The summed E-state index contributed by atoms with van der Waals surface area (Å²) in [6, 6.07) is 14.8. The fraction of sp³-hybridized carbons (Fsp3) is 0.158. The molecular weight excluding hydrogens is 321 g/mol. The maximum Gasteiger partial charge on any atom is 0.123 e. The van der Waals surface area contributed by atoms with Crippen LogP contribution in [0.2, 0.25) is 0 Å². The van der Waals surface area contributed by atoms with Crippen molar-refractivity contribution in [3.8, 4) is 0 Å². The lowest BCUT2D eigenvalue weighted by atomic mass is 10.0. The van der Waals surface area contributed by atoms with E-state index in [1.807, 2.05) is 48.1 Å². The van der Waals surface area contributed by atoms with Gasteiger partial charge in [0.15, 0.2) is 0 Å². The number of aliphatic imine (C=N–C) groups is 1. The molecule has 24 heavy (non-hydrogen) atoms. The van der Waals surface area contributed by atoms with Gasteiger partial charge in [0.25, 0.3) is 0 Å². The van der Waals surface area contributed by atoms with Crippen LogP contribution in [0, 0.1) is 5.82 Å². The molecular formula is C19H16FN3S. The van der Waals surface area contributed by atoms with Crippen molar-refractivity contribution < 1.29 is 4.39 Å². The minimum absolute atomic E-state index is 0.000428. The summed E-state index contributed by atoms with van der Waals surface area (Å²) in [7, 11) is 0. The fourth-order valence-electron chi connectivity index (χ4n) is 2.98. The first-order valence-electron chi connectivity index (χ1n) is 7.85. The zero-order valence-electron chi connectivity index (χ0n) is 13.0. The lowest BCUT2D eigenvalue weighted by Gasteiger charge is -2.35. The molecule has 3 nitrogen and oxygen atoms in total. The highest BCUT2D eigenvalue weighted by Gasteiger charge is 2.24. The Morgan fingerprint density at radius 2 is 1.92 bits per heavy atom. The van der Waals surface area contributed by atoms with Gasteiger partial charge in [0.05, 0.1) is 22.4 Å². The monoisotopic (exact) mass is 337 g/mol. The van der Waals surface area contributed by atoms with E-state index in [4.69, 9.17) is 0 Å². The van der Waals surface area contributed by atoms with E-state index in [9.17, 15) is 4.39 Å². The number of hydrogen-bond donors (Lipinski definition) is 0. The van der Waals surface area contributed by atoms with Crippen LogP contribution in [0.5, 0.6) is 0 Å². The van der Waals surface area contributed by atoms with Crippen LogP contribution in [0.15, 0.2) is 65.1 Å². The molecule has 120 valence electrons. The van der Waals surface area contributed by atoms with E-state index >= 15 is 0 Å². The molecule has 1 atom stereocenters. The summed E-state index contributed by atoms with van der Waals surface area (Å²) in [5.74, 6) is -0.221. The van der Waals surface area contributed by atoms with Gasteiger partial charge in [-0.2, -0.15) is 0 Å². The number of rotatable bonds is 4. The number of benzene rings is 2. The second-order valence-electron chi connectivity index (χ2n) is 5.63. The Labute approximate surface area is 144 Å². The quantitative estimate of drug-likeness (QED) is 0.685. The lowest BCUT2D eigenvalue weighted by molar-refractivity contribution is 0.626. The van der Waals surface area contributed by atoms with Crippen LogP contribution in [0.1, 0.15) is 16.6 Å². The molecule has 1 aromatic heterocycles. The molecule has 0 amide bonds. The Bertz CT molecular complexity index is 843. The summed E-state index contributed by atoms with van der Waals surface area (Å²) >= 11 is 1.67. The van der Waals surface area contributed by atoms with Crippen LogP contribution in [0.4, 0.5) is 15.8 Å². The van der Waals surface area contributed by atoms with E-state index in [0.29, 0.717) is 0 Å². The average Bonchev–Trinajstić information content (AvgIpc) is 3.14. The Kier molecular flexibility index (Phi) is 4.09. The van der Waals surface area contributed by atoms with Gasteiger partial charge in [0, 0.05) is 30.8 Å². The molecule has 0 aliphatic carbocycles. The summed E-state index contributed by atoms with van der Waals surface area (Å²) in [4.78, 5) is 11.3. The highest BCUT2D eigenvalue weighted by molar-refractivity contribution is 7.09. The van der Waals surface area contributed by atoms with Gasteiger partial charge in [-0.15, -0.1) is 11.3 Å². The van der Waals surface area contributed by atoms with E-state index in [-0.39, 0.29) is 11.9 Å². The van der Waals surface area contributed by atoms with Gasteiger partial charge in [0.1, 0.15) is 5.82 Å². The number of para-hydroxylation sites is 2.